The molecule has 1 aromatic carbocycles. The fourth-order valence-corrected chi connectivity index (χ4v) is 2.53. The summed E-state index contributed by atoms with van der Waals surface area (Å²) < 4.78 is 0.570. The van der Waals surface area contributed by atoms with Crippen molar-refractivity contribution in [3.8, 4) is 0 Å². The van der Waals surface area contributed by atoms with E-state index in [9.17, 15) is 9.90 Å². The lowest BCUT2D eigenvalue weighted by Crippen LogP contribution is -2.30. The van der Waals surface area contributed by atoms with Crippen LogP contribution in [0.2, 0.25) is 4.34 Å². The molecule has 1 amide bonds. The van der Waals surface area contributed by atoms with Gasteiger partial charge in [0, 0.05) is 0 Å². The Morgan fingerprint density at radius 2 is 2.00 bits per heavy atom. The monoisotopic (exact) mass is 281 g/mol. The highest BCUT2D eigenvalue weighted by Gasteiger charge is 2.15. The van der Waals surface area contributed by atoms with Crippen molar-refractivity contribution in [1.29, 1.82) is 0 Å². The fraction of sp³-hybridized carbons (Fsp3) is 0.154. The molecule has 5 heteroatoms. The number of rotatable bonds is 4. The molecule has 0 saturated heterocycles. The van der Waals surface area contributed by atoms with Crippen molar-refractivity contribution in [3.63, 3.8) is 0 Å². The van der Waals surface area contributed by atoms with E-state index in [0.717, 1.165) is 5.56 Å². The van der Waals surface area contributed by atoms with Crippen LogP contribution in [-0.4, -0.2) is 17.6 Å². The Hall–Kier alpha value is -1.36. The molecule has 2 N–H and O–H groups in total. The van der Waals surface area contributed by atoms with Gasteiger partial charge in [0.25, 0.3) is 5.91 Å². The van der Waals surface area contributed by atoms with Gasteiger partial charge in [-0.2, -0.15) is 0 Å². The molecule has 0 unspecified atom stereocenters. The molecule has 1 heterocycles. The molecule has 0 saturated carbocycles. The van der Waals surface area contributed by atoms with E-state index in [-0.39, 0.29) is 12.5 Å². The van der Waals surface area contributed by atoms with E-state index in [4.69, 9.17) is 11.6 Å². The molecule has 0 aliphatic rings. The number of amides is 1. The van der Waals surface area contributed by atoms with E-state index in [1.165, 1.54) is 11.3 Å². The molecule has 3 nitrogen and oxygen atoms in total. The highest BCUT2D eigenvalue weighted by molar-refractivity contribution is 7.17. The zero-order chi connectivity index (χ0) is 13.0. The standard InChI is InChI=1S/C13H12ClNO2S/c14-12-7-6-11(18-12)13(17)15-10(8-16)9-4-2-1-3-5-9/h1-7,10,16H,8H2,(H,15,17)/t10-/m1/s1. The van der Waals surface area contributed by atoms with Gasteiger partial charge in [-0.15, -0.1) is 11.3 Å². The molecule has 0 bridgehead atoms. The van der Waals surface area contributed by atoms with Gasteiger partial charge in [0.2, 0.25) is 0 Å². The maximum Gasteiger partial charge on any atom is 0.261 e. The van der Waals surface area contributed by atoms with Gasteiger partial charge in [0.05, 0.1) is 21.9 Å². The maximum absolute atomic E-state index is 11.9. The van der Waals surface area contributed by atoms with Crippen molar-refractivity contribution in [3.05, 3.63) is 57.2 Å². The zero-order valence-electron chi connectivity index (χ0n) is 9.47. The van der Waals surface area contributed by atoms with E-state index < -0.39 is 6.04 Å². The Morgan fingerprint density at radius 1 is 1.28 bits per heavy atom. The normalized spacial score (nSPS) is 12.1. The number of aliphatic hydroxyl groups excluding tert-OH is 1. The van der Waals surface area contributed by atoms with Crippen molar-refractivity contribution in [2.75, 3.05) is 6.61 Å². The molecular formula is C13H12ClNO2S. The van der Waals surface area contributed by atoms with Gasteiger partial charge in [-0.05, 0) is 17.7 Å². The molecule has 94 valence electrons. The second kappa shape index (κ2) is 6.00. The molecule has 0 aliphatic heterocycles. The van der Waals surface area contributed by atoms with E-state index in [0.29, 0.717) is 9.21 Å². The van der Waals surface area contributed by atoms with Crippen LogP contribution < -0.4 is 5.32 Å². The SMILES string of the molecule is O=C(N[C@H](CO)c1ccccc1)c1ccc(Cl)s1. The van der Waals surface area contributed by atoms with Crippen molar-refractivity contribution < 1.29 is 9.90 Å². The third-order valence-corrected chi connectivity index (χ3v) is 3.72. The first-order valence-electron chi connectivity index (χ1n) is 5.42. The molecule has 2 rings (SSSR count). The van der Waals surface area contributed by atoms with Crippen LogP contribution >= 0.6 is 22.9 Å². The second-order valence-electron chi connectivity index (χ2n) is 3.72. The van der Waals surface area contributed by atoms with Gasteiger partial charge in [-0.3, -0.25) is 4.79 Å². The van der Waals surface area contributed by atoms with Crippen LogP contribution in [0.1, 0.15) is 21.3 Å². The van der Waals surface area contributed by atoms with Gasteiger partial charge < -0.3 is 10.4 Å². The smallest absolute Gasteiger partial charge is 0.261 e. The number of halogens is 1. The van der Waals surface area contributed by atoms with Crippen LogP contribution in [0.4, 0.5) is 0 Å². The Bertz CT molecular complexity index is 527. The topological polar surface area (TPSA) is 49.3 Å². The predicted octanol–water partition coefficient (Wildman–Crippen LogP) is 2.86. The van der Waals surface area contributed by atoms with Crippen LogP contribution in [0.5, 0.6) is 0 Å². The minimum Gasteiger partial charge on any atom is -0.394 e. The van der Waals surface area contributed by atoms with Gasteiger partial charge in [-0.25, -0.2) is 0 Å². The largest absolute Gasteiger partial charge is 0.394 e. The average Bonchev–Trinajstić information content (AvgIpc) is 2.83. The number of benzene rings is 1. The van der Waals surface area contributed by atoms with Crippen molar-refractivity contribution in [2.45, 2.75) is 6.04 Å². The van der Waals surface area contributed by atoms with E-state index in [2.05, 4.69) is 5.32 Å². The Balaban J connectivity index is 2.10. The third-order valence-electron chi connectivity index (χ3n) is 2.49. The minimum absolute atomic E-state index is 0.144. The Kier molecular flexibility index (Phi) is 4.36. The predicted molar refractivity (Wildman–Crippen MR) is 73.1 cm³/mol. The molecule has 1 atom stereocenters. The summed E-state index contributed by atoms with van der Waals surface area (Å²) in [6.45, 7) is -0.144. The van der Waals surface area contributed by atoms with Crippen LogP contribution in [0.3, 0.4) is 0 Å². The number of aliphatic hydroxyl groups is 1. The molecule has 1 aromatic heterocycles. The molecule has 0 fully saturated rings. The molecular weight excluding hydrogens is 270 g/mol. The fourth-order valence-electron chi connectivity index (χ4n) is 1.59. The van der Waals surface area contributed by atoms with Gasteiger partial charge in [0.15, 0.2) is 0 Å². The summed E-state index contributed by atoms with van der Waals surface area (Å²) in [5, 5.41) is 12.1. The van der Waals surface area contributed by atoms with E-state index >= 15 is 0 Å². The number of hydrogen-bond acceptors (Lipinski definition) is 3. The molecule has 0 aliphatic carbocycles. The van der Waals surface area contributed by atoms with Crippen molar-refractivity contribution in [1.82, 2.24) is 5.32 Å². The Labute approximate surface area is 114 Å². The first-order valence-corrected chi connectivity index (χ1v) is 6.62. The number of thiophene rings is 1. The lowest BCUT2D eigenvalue weighted by atomic mass is 10.1. The van der Waals surface area contributed by atoms with Crippen molar-refractivity contribution in [2.24, 2.45) is 0 Å². The summed E-state index contributed by atoms with van der Waals surface area (Å²) in [6, 6.07) is 12.3. The number of carbonyl (C=O) groups excluding carboxylic acids is 1. The summed E-state index contributed by atoms with van der Waals surface area (Å²) in [6.07, 6.45) is 0. The van der Waals surface area contributed by atoms with Crippen LogP contribution in [-0.2, 0) is 0 Å². The lowest BCUT2D eigenvalue weighted by Gasteiger charge is -2.16. The molecule has 2 aromatic rings. The van der Waals surface area contributed by atoms with Crippen molar-refractivity contribution >= 4 is 28.8 Å². The van der Waals surface area contributed by atoms with Gasteiger partial charge in [-0.1, -0.05) is 41.9 Å². The number of hydrogen-bond donors (Lipinski definition) is 2. The summed E-state index contributed by atoms with van der Waals surface area (Å²) in [5.41, 5.74) is 0.871. The summed E-state index contributed by atoms with van der Waals surface area (Å²) in [5.74, 6) is -0.227. The first-order chi connectivity index (χ1) is 8.70. The second-order valence-corrected chi connectivity index (χ2v) is 5.44. The molecule has 0 spiro atoms. The maximum atomic E-state index is 11.9. The zero-order valence-corrected chi connectivity index (χ0v) is 11.0. The molecule has 0 radical (unpaired) electrons. The van der Waals surface area contributed by atoms with E-state index in [1.807, 2.05) is 30.3 Å². The average molecular weight is 282 g/mol. The lowest BCUT2D eigenvalue weighted by molar-refractivity contribution is 0.0920. The minimum atomic E-state index is -0.403. The first kappa shape index (κ1) is 13.1. The highest BCUT2D eigenvalue weighted by Crippen LogP contribution is 2.22. The quantitative estimate of drug-likeness (QED) is 0.905. The van der Waals surface area contributed by atoms with Crippen LogP contribution in [0.25, 0.3) is 0 Å². The van der Waals surface area contributed by atoms with E-state index in [1.54, 1.807) is 12.1 Å². The third kappa shape index (κ3) is 3.10. The summed E-state index contributed by atoms with van der Waals surface area (Å²) in [4.78, 5) is 12.5. The van der Waals surface area contributed by atoms with Crippen LogP contribution in [0.15, 0.2) is 42.5 Å². The highest BCUT2D eigenvalue weighted by atomic mass is 35.5. The van der Waals surface area contributed by atoms with Gasteiger partial charge in [0.1, 0.15) is 0 Å². The van der Waals surface area contributed by atoms with Gasteiger partial charge >= 0.3 is 0 Å². The Morgan fingerprint density at radius 3 is 2.56 bits per heavy atom. The number of nitrogens with one attached hydrogen (secondary N) is 1. The number of carbonyl (C=O) groups is 1. The van der Waals surface area contributed by atoms with Crippen LogP contribution in [0, 0.1) is 0 Å². The summed E-state index contributed by atoms with van der Waals surface area (Å²) in [7, 11) is 0. The molecule has 18 heavy (non-hydrogen) atoms. The summed E-state index contributed by atoms with van der Waals surface area (Å²) >= 11 is 7.00.